The third kappa shape index (κ3) is 3.47. The van der Waals surface area contributed by atoms with Crippen LogP contribution in [0.5, 0.6) is 0 Å². The molecule has 1 aromatic carbocycles. The zero-order valence-corrected chi connectivity index (χ0v) is 15.6. The van der Waals surface area contributed by atoms with Gasteiger partial charge in [0.15, 0.2) is 0 Å². The molecule has 0 aliphatic carbocycles. The molecule has 0 saturated heterocycles. The molecule has 1 heterocycles. The SMILES string of the molecule is CCNC(c1cc(Br)sc1Br)c1cccc(Br)c1F. The molecule has 0 bridgehead atoms. The number of hydrogen-bond donors (Lipinski definition) is 1. The van der Waals surface area contributed by atoms with Crippen molar-refractivity contribution in [2.75, 3.05) is 6.54 Å². The molecular weight excluding hydrogens is 461 g/mol. The highest BCUT2D eigenvalue weighted by atomic mass is 79.9. The number of rotatable bonds is 4. The smallest absolute Gasteiger partial charge is 0.142 e. The predicted octanol–water partition coefficient (Wildman–Crippen LogP) is 5.87. The van der Waals surface area contributed by atoms with Crippen LogP contribution in [0.25, 0.3) is 0 Å². The monoisotopic (exact) mass is 469 g/mol. The van der Waals surface area contributed by atoms with Gasteiger partial charge in [-0.1, -0.05) is 19.1 Å². The first-order chi connectivity index (χ1) is 9.04. The first-order valence-corrected chi connectivity index (χ1v) is 8.86. The highest BCUT2D eigenvalue weighted by Gasteiger charge is 2.22. The fraction of sp³-hybridized carbons (Fsp3) is 0.231. The summed E-state index contributed by atoms with van der Waals surface area (Å²) in [5, 5.41) is 3.33. The van der Waals surface area contributed by atoms with Crippen molar-refractivity contribution in [2.24, 2.45) is 0 Å². The topological polar surface area (TPSA) is 12.0 Å². The second-order valence-corrected chi connectivity index (χ2v) is 8.52. The van der Waals surface area contributed by atoms with Gasteiger partial charge in [0.05, 0.1) is 18.1 Å². The van der Waals surface area contributed by atoms with E-state index in [-0.39, 0.29) is 11.9 Å². The second-order valence-electron chi connectivity index (χ2n) is 3.91. The van der Waals surface area contributed by atoms with Crippen molar-refractivity contribution < 1.29 is 4.39 Å². The first-order valence-electron chi connectivity index (χ1n) is 5.66. The summed E-state index contributed by atoms with van der Waals surface area (Å²) < 4.78 is 16.8. The summed E-state index contributed by atoms with van der Waals surface area (Å²) in [5.41, 5.74) is 1.68. The fourth-order valence-electron chi connectivity index (χ4n) is 1.88. The molecule has 1 nitrogen and oxygen atoms in total. The van der Waals surface area contributed by atoms with E-state index >= 15 is 0 Å². The Morgan fingerprint density at radius 2 is 2.00 bits per heavy atom. The zero-order chi connectivity index (χ0) is 14.0. The Kier molecular flexibility index (Phi) is 5.60. The van der Waals surface area contributed by atoms with E-state index in [1.165, 1.54) is 0 Å². The van der Waals surface area contributed by atoms with E-state index in [1.54, 1.807) is 17.4 Å². The normalized spacial score (nSPS) is 12.7. The maximum atomic E-state index is 14.3. The van der Waals surface area contributed by atoms with Crippen molar-refractivity contribution in [2.45, 2.75) is 13.0 Å². The van der Waals surface area contributed by atoms with Crippen LogP contribution in [0, 0.1) is 5.82 Å². The molecule has 2 rings (SSSR count). The van der Waals surface area contributed by atoms with Crippen molar-refractivity contribution in [1.82, 2.24) is 5.32 Å². The molecule has 102 valence electrons. The summed E-state index contributed by atoms with van der Waals surface area (Å²) in [6.07, 6.45) is 0. The van der Waals surface area contributed by atoms with E-state index in [0.29, 0.717) is 10.0 Å². The minimum absolute atomic E-state index is 0.167. The molecule has 2 aromatic rings. The quantitative estimate of drug-likeness (QED) is 0.587. The van der Waals surface area contributed by atoms with Gasteiger partial charge in [-0.3, -0.25) is 0 Å². The van der Waals surface area contributed by atoms with E-state index in [4.69, 9.17) is 0 Å². The molecule has 1 aromatic heterocycles. The Labute approximate surface area is 141 Å². The molecule has 0 aliphatic heterocycles. The summed E-state index contributed by atoms with van der Waals surface area (Å²) in [7, 11) is 0. The van der Waals surface area contributed by atoms with Gasteiger partial charge >= 0.3 is 0 Å². The van der Waals surface area contributed by atoms with Crippen LogP contribution in [-0.2, 0) is 0 Å². The maximum absolute atomic E-state index is 14.3. The van der Waals surface area contributed by atoms with Crippen molar-refractivity contribution >= 4 is 59.1 Å². The fourth-order valence-corrected chi connectivity index (χ4v) is 5.17. The number of halogens is 4. The molecule has 1 N–H and O–H groups in total. The van der Waals surface area contributed by atoms with Crippen molar-refractivity contribution in [3.05, 3.63) is 53.3 Å². The lowest BCUT2D eigenvalue weighted by Gasteiger charge is -2.19. The highest BCUT2D eigenvalue weighted by Crippen LogP contribution is 2.39. The number of benzene rings is 1. The Bertz CT molecular complexity index is 585. The van der Waals surface area contributed by atoms with Crippen LogP contribution in [0.15, 0.2) is 36.3 Å². The first kappa shape index (κ1) is 15.6. The van der Waals surface area contributed by atoms with Crippen LogP contribution in [0.3, 0.4) is 0 Å². The van der Waals surface area contributed by atoms with Crippen molar-refractivity contribution in [3.63, 3.8) is 0 Å². The Hall–Kier alpha value is 0.250. The van der Waals surface area contributed by atoms with Gasteiger partial charge in [-0.15, -0.1) is 11.3 Å². The van der Waals surface area contributed by atoms with Gasteiger partial charge < -0.3 is 5.32 Å². The van der Waals surface area contributed by atoms with Crippen LogP contribution >= 0.6 is 59.1 Å². The van der Waals surface area contributed by atoms with E-state index < -0.39 is 0 Å². The molecule has 1 unspecified atom stereocenters. The maximum Gasteiger partial charge on any atom is 0.142 e. The molecule has 19 heavy (non-hydrogen) atoms. The van der Waals surface area contributed by atoms with Gasteiger partial charge in [0.25, 0.3) is 0 Å². The third-order valence-electron chi connectivity index (χ3n) is 2.69. The molecule has 0 spiro atoms. The van der Waals surface area contributed by atoms with E-state index in [2.05, 4.69) is 53.1 Å². The molecule has 0 aliphatic rings. The zero-order valence-electron chi connectivity index (χ0n) is 10.0. The van der Waals surface area contributed by atoms with Gasteiger partial charge in [-0.2, -0.15) is 0 Å². The minimum atomic E-state index is -0.220. The van der Waals surface area contributed by atoms with E-state index in [1.807, 2.05) is 25.1 Å². The van der Waals surface area contributed by atoms with Crippen LogP contribution < -0.4 is 5.32 Å². The van der Waals surface area contributed by atoms with Crippen LogP contribution in [0.4, 0.5) is 4.39 Å². The van der Waals surface area contributed by atoms with Crippen molar-refractivity contribution in [1.29, 1.82) is 0 Å². The lowest BCUT2D eigenvalue weighted by atomic mass is 10.0. The average Bonchev–Trinajstić information content (AvgIpc) is 2.69. The van der Waals surface area contributed by atoms with Crippen LogP contribution in [0.1, 0.15) is 24.1 Å². The second kappa shape index (κ2) is 6.80. The van der Waals surface area contributed by atoms with E-state index in [9.17, 15) is 4.39 Å². The molecule has 0 saturated carbocycles. The Morgan fingerprint density at radius 1 is 1.26 bits per heavy atom. The van der Waals surface area contributed by atoms with Gasteiger partial charge in [0.1, 0.15) is 5.82 Å². The Morgan fingerprint density at radius 3 is 2.58 bits per heavy atom. The highest BCUT2D eigenvalue weighted by molar-refractivity contribution is 9.12. The Balaban J connectivity index is 2.51. The summed E-state index contributed by atoms with van der Waals surface area (Å²) in [6.45, 7) is 2.77. The van der Waals surface area contributed by atoms with E-state index in [0.717, 1.165) is 19.7 Å². The summed E-state index contributed by atoms with van der Waals surface area (Å²) >= 11 is 11.8. The van der Waals surface area contributed by atoms with Gasteiger partial charge in [0.2, 0.25) is 0 Å². The molecule has 0 amide bonds. The lowest BCUT2D eigenvalue weighted by molar-refractivity contribution is 0.555. The summed E-state index contributed by atoms with van der Waals surface area (Å²) in [4.78, 5) is 0. The third-order valence-corrected chi connectivity index (χ3v) is 5.69. The van der Waals surface area contributed by atoms with Crippen molar-refractivity contribution in [3.8, 4) is 0 Å². The lowest BCUT2D eigenvalue weighted by Crippen LogP contribution is -2.23. The predicted molar refractivity (Wildman–Crippen MR) is 89.3 cm³/mol. The minimum Gasteiger partial charge on any atom is -0.306 e. The molecule has 1 atom stereocenters. The molecule has 0 radical (unpaired) electrons. The molecule has 0 fully saturated rings. The van der Waals surface area contributed by atoms with Gasteiger partial charge in [-0.25, -0.2) is 4.39 Å². The largest absolute Gasteiger partial charge is 0.306 e. The standard InChI is InChI=1S/C13H11Br3FNS/c1-2-18-12(8-6-10(15)19-13(8)16)7-4-3-5-9(14)11(7)17/h3-6,12,18H,2H2,1H3. The summed E-state index contributed by atoms with van der Waals surface area (Å²) in [5.74, 6) is -0.220. The number of hydrogen-bond acceptors (Lipinski definition) is 2. The molecule has 6 heteroatoms. The molecular formula is C13H11Br3FNS. The van der Waals surface area contributed by atoms with Crippen LogP contribution in [-0.4, -0.2) is 6.54 Å². The number of nitrogens with one attached hydrogen (secondary N) is 1. The number of thiophene rings is 1. The van der Waals surface area contributed by atoms with Gasteiger partial charge in [0, 0.05) is 5.56 Å². The summed E-state index contributed by atoms with van der Waals surface area (Å²) in [6, 6.07) is 7.22. The average molecular weight is 472 g/mol. The van der Waals surface area contributed by atoms with Crippen LogP contribution in [0.2, 0.25) is 0 Å². The van der Waals surface area contributed by atoms with Gasteiger partial charge in [-0.05, 0) is 72.0 Å².